The molecular weight excluding hydrogens is 216 g/mol. The van der Waals surface area contributed by atoms with Crippen LogP contribution < -0.4 is 0 Å². The zero-order valence-electron chi connectivity index (χ0n) is 9.92. The van der Waals surface area contributed by atoms with Crippen LogP contribution in [-0.4, -0.2) is 26.0 Å². The fraction of sp³-hybridized carbons (Fsp3) is 0.333. The van der Waals surface area contributed by atoms with Crippen LogP contribution in [0.5, 0.6) is 0 Å². The molecule has 0 saturated heterocycles. The minimum Gasteiger partial charge on any atom is -0.298 e. The van der Waals surface area contributed by atoms with Crippen molar-refractivity contribution in [3.8, 4) is 5.82 Å². The van der Waals surface area contributed by atoms with Gasteiger partial charge in [0.05, 0.1) is 5.56 Å². The number of carbonyl (C=O) groups excluding carboxylic acids is 1. The highest BCUT2D eigenvalue weighted by molar-refractivity contribution is 5.79. The van der Waals surface area contributed by atoms with Crippen LogP contribution in [0.3, 0.4) is 0 Å². The fourth-order valence-corrected chi connectivity index (χ4v) is 1.62. The number of nitrogens with zero attached hydrogens (tertiary/aromatic N) is 4. The molecule has 5 heteroatoms. The van der Waals surface area contributed by atoms with E-state index in [2.05, 4.69) is 15.1 Å². The summed E-state index contributed by atoms with van der Waals surface area (Å²) >= 11 is 0. The number of aromatic nitrogens is 4. The molecule has 0 atom stereocenters. The van der Waals surface area contributed by atoms with Crippen LogP contribution in [0.4, 0.5) is 0 Å². The van der Waals surface area contributed by atoms with Gasteiger partial charge < -0.3 is 0 Å². The topological polar surface area (TPSA) is 60.7 Å². The number of hydrogen-bond acceptors (Lipinski definition) is 4. The normalized spacial score (nSPS) is 10.5. The predicted octanol–water partition coefficient (Wildman–Crippen LogP) is 1.60. The summed E-state index contributed by atoms with van der Waals surface area (Å²) in [7, 11) is 0. The molecular formula is C12H14N4O. The van der Waals surface area contributed by atoms with Crippen molar-refractivity contribution in [2.45, 2.75) is 26.7 Å². The maximum atomic E-state index is 11.0. The molecule has 0 unspecified atom stereocenters. The Labute approximate surface area is 99.5 Å². The van der Waals surface area contributed by atoms with Crippen molar-refractivity contribution < 1.29 is 4.79 Å². The molecule has 0 amide bonds. The molecule has 0 saturated carbocycles. The van der Waals surface area contributed by atoms with Crippen LogP contribution in [0, 0.1) is 0 Å². The van der Waals surface area contributed by atoms with E-state index in [0.717, 1.165) is 30.8 Å². The van der Waals surface area contributed by atoms with Gasteiger partial charge in [0.25, 0.3) is 0 Å². The van der Waals surface area contributed by atoms with Crippen molar-refractivity contribution in [1.82, 2.24) is 19.7 Å². The van der Waals surface area contributed by atoms with E-state index >= 15 is 0 Å². The molecule has 5 nitrogen and oxygen atoms in total. The van der Waals surface area contributed by atoms with Gasteiger partial charge in [-0.25, -0.2) is 9.97 Å². The molecule has 0 aliphatic carbocycles. The summed E-state index contributed by atoms with van der Waals surface area (Å²) < 4.78 is 1.66. The van der Waals surface area contributed by atoms with Gasteiger partial charge >= 0.3 is 0 Å². The second-order valence-corrected chi connectivity index (χ2v) is 3.60. The summed E-state index contributed by atoms with van der Waals surface area (Å²) in [4.78, 5) is 19.6. The molecule has 0 aliphatic heterocycles. The average molecular weight is 230 g/mol. The predicted molar refractivity (Wildman–Crippen MR) is 63.3 cm³/mol. The zero-order chi connectivity index (χ0) is 12.3. The standard InChI is InChI=1S/C12H14N4O/c1-3-10-14-11(4-2)16(15-10)12-9(8-17)6-5-7-13-12/h5-8H,3-4H2,1-2H3. The average Bonchev–Trinajstić information content (AvgIpc) is 2.81. The molecule has 88 valence electrons. The van der Waals surface area contributed by atoms with E-state index in [-0.39, 0.29) is 0 Å². The van der Waals surface area contributed by atoms with Gasteiger partial charge in [0.2, 0.25) is 0 Å². The maximum absolute atomic E-state index is 11.0. The van der Waals surface area contributed by atoms with E-state index in [1.807, 2.05) is 13.8 Å². The van der Waals surface area contributed by atoms with Crippen molar-refractivity contribution in [3.05, 3.63) is 35.5 Å². The lowest BCUT2D eigenvalue weighted by atomic mass is 10.3. The molecule has 2 aromatic rings. The number of aldehydes is 1. The lowest BCUT2D eigenvalue weighted by Gasteiger charge is -2.04. The Morgan fingerprint density at radius 3 is 2.82 bits per heavy atom. The first-order valence-corrected chi connectivity index (χ1v) is 5.65. The third-order valence-corrected chi connectivity index (χ3v) is 2.49. The van der Waals surface area contributed by atoms with Gasteiger partial charge in [-0.05, 0) is 12.1 Å². The van der Waals surface area contributed by atoms with Gasteiger partial charge in [0.1, 0.15) is 5.82 Å². The first-order chi connectivity index (χ1) is 8.30. The smallest absolute Gasteiger partial charge is 0.166 e. The van der Waals surface area contributed by atoms with Crippen LogP contribution in [0.25, 0.3) is 5.82 Å². The Kier molecular flexibility index (Phi) is 3.27. The van der Waals surface area contributed by atoms with E-state index < -0.39 is 0 Å². The minimum absolute atomic E-state index is 0.523. The van der Waals surface area contributed by atoms with Crippen LogP contribution in [0.1, 0.15) is 35.9 Å². The Morgan fingerprint density at radius 2 is 2.18 bits per heavy atom. The SMILES string of the molecule is CCc1nc(CC)n(-c2ncccc2C=O)n1. The molecule has 2 rings (SSSR count). The number of aryl methyl sites for hydroxylation is 2. The molecule has 0 bridgehead atoms. The zero-order valence-corrected chi connectivity index (χ0v) is 9.92. The summed E-state index contributed by atoms with van der Waals surface area (Å²) in [6.45, 7) is 4.00. The Hall–Kier alpha value is -2.04. The van der Waals surface area contributed by atoms with E-state index in [9.17, 15) is 4.79 Å². The summed E-state index contributed by atoms with van der Waals surface area (Å²) in [5, 5.41) is 4.36. The van der Waals surface area contributed by atoms with Crippen LogP contribution >= 0.6 is 0 Å². The van der Waals surface area contributed by atoms with Gasteiger partial charge in [-0.1, -0.05) is 13.8 Å². The number of hydrogen-bond donors (Lipinski definition) is 0. The van der Waals surface area contributed by atoms with E-state index in [1.54, 1.807) is 23.0 Å². The molecule has 0 fully saturated rings. The molecule has 0 N–H and O–H groups in total. The van der Waals surface area contributed by atoms with Crippen molar-refractivity contribution in [2.75, 3.05) is 0 Å². The van der Waals surface area contributed by atoms with Crippen LogP contribution in [0.15, 0.2) is 18.3 Å². The summed E-state index contributed by atoms with van der Waals surface area (Å²) in [6, 6.07) is 3.46. The van der Waals surface area contributed by atoms with Gasteiger partial charge in [-0.15, -0.1) is 5.10 Å². The van der Waals surface area contributed by atoms with Crippen molar-refractivity contribution in [2.24, 2.45) is 0 Å². The highest BCUT2D eigenvalue weighted by Crippen LogP contribution is 2.12. The molecule has 0 spiro atoms. The molecule has 0 radical (unpaired) electrons. The van der Waals surface area contributed by atoms with Gasteiger partial charge in [0, 0.05) is 19.0 Å². The summed E-state index contributed by atoms with van der Waals surface area (Å²) in [5.41, 5.74) is 0.523. The van der Waals surface area contributed by atoms with Crippen molar-refractivity contribution in [3.63, 3.8) is 0 Å². The first-order valence-electron chi connectivity index (χ1n) is 5.65. The lowest BCUT2D eigenvalue weighted by Crippen LogP contribution is -2.07. The third kappa shape index (κ3) is 2.08. The third-order valence-electron chi connectivity index (χ3n) is 2.49. The Bertz CT molecular complexity index is 533. The van der Waals surface area contributed by atoms with E-state index in [4.69, 9.17) is 0 Å². The summed E-state index contributed by atoms with van der Waals surface area (Å²) in [6.07, 6.45) is 3.95. The van der Waals surface area contributed by atoms with Gasteiger partial charge in [0.15, 0.2) is 17.9 Å². The molecule has 0 aromatic carbocycles. The molecule has 2 heterocycles. The van der Waals surface area contributed by atoms with Crippen molar-refractivity contribution >= 4 is 6.29 Å². The van der Waals surface area contributed by atoms with Crippen LogP contribution in [0.2, 0.25) is 0 Å². The fourth-order valence-electron chi connectivity index (χ4n) is 1.62. The van der Waals surface area contributed by atoms with Gasteiger partial charge in [-0.2, -0.15) is 4.68 Å². The Balaban J connectivity index is 2.58. The number of rotatable bonds is 4. The van der Waals surface area contributed by atoms with Gasteiger partial charge in [-0.3, -0.25) is 4.79 Å². The minimum atomic E-state index is 0.523. The molecule has 2 aromatic heterocycles. The van der Waals surface area contributed by atoms with Crippen molar-refractivity contribution in [1.29, 1.82) is 0 Å². The molecule has 0 aliphatic rings. The van der Waals surface area contributed by atoms with E-state index in [0.29, 0.717) is 11.4 Å². The highest BCUT2D eigenvalue weighted by Gasteiger charge is 2.12. The summed E-state index contributed by atoms with van der Waals surface area (Å²) in [5.74, 6) is 2.14. The highest BCUT2D eigenvalue weighted by atomic mass is 16.1. The Morgan fingerprint density at radius 1 is 1.35 bits per heavy atom. The largest absolute Gasteiger partial charge is 0.298 e. The quantitative estimate of drug-likeness (QED) is 0.748. The number of carbonyl (C=O) groups is 1. The lowest BCUT2D eigenvalue weighted by molar-refractivity contribution is 0.112. The molecule has 17 heavy (non-hydrogen) atoms. The van der Waals surface area contributed by atoms with E-state index in [1.165, 1.54) is 0 Å². The van der Waals surface area contributed by atoms with Crippen LogP contribution in [-0.2, 0) is 12.8 Å². The second-order valence-electron chi connectivity index (χ2n) is 3.60. The maximum Gasteiger partial charge on any atom is 0.166 e. The first kappa shape index (κ1) is 11.4. The number of pyridine rings is 1. The monoisotopic (exact) mass is 230 g/mol. The second kappa shape index (κ2) is 4.86.